The van der Waals surface area contributed by atoms with Crippen LogP contribution >= 0.6 is 0 Å². The topological polar surface area (TPSA) is 85.0 Å². The van der Waals surface area contributed by atoms with Crippen LogP contribution in [0.1, 0.15) is 44.7 Å². The minimum absolute atomic E-state index is 0.0319. The van der Waals surface area contributed by atoms with Crippen LogP contribution in [0.4, 0.5) is 11.5 Å². The Kier molecular flexibility index (Phi) is 4.59. The van der Waals surface area contributed by atoms with Crippen LogP contribution in [-0.2, 0) is 7.05 Å². The quantitative estimate of drug-likeness (QED) is 0.651. The number of hydrogen-bond acceptors (Lipinski definition) is 5. The fraction of sp³-hybridized carbons (Fsp3) is 0.769. The molecular formula is C13H23N5O2. The smallest absolute Gasteiger partial charge is 0.334 e. The van der Waals surface area contributed by atoms with Crippen molar-refractivity contribution in [2.45, 2.75) is 45.1 Å². The van der Waals surface area contributed by atoms with Gasteiger partial charge in [-0.2, -0.15) is 5.10 Å². The average molecular weight is 281 g/mol. The van der Waals surface area contributed by atoms with Crippen LogP contribution < -0.4 is 10.6 Å². The minimum atomic E-state index is -0.325. The lowest BCUT2D eigenvalue weighted by molar-refractivity contribution is -0.384. The van der Waals surface area contributed by atoms with Gasteiger partial charge in [-0.15, -0.1) is 0 Å². The Morgan fingerprint density at radius 2 is 2.25 bits per heavy atom. The zero-order chi connectivity index (χ0) is 14.7. The molecule has 1 aliphatic heterocycles. The maximum absolute atomic E-state index is 11.4. The second-order valence-electron chi connectivity index (χ2n) is 5.66. The summed E-state index contributed by atoms with van der Waals surface area (Å²) in [5.74, 6) is 0.553. The van der Waals surface area contributed by atoms with Gasteiger partial charge in [-0.05, 0) is 19.4 Å². The molecule has 1 aromatic heterocycles. The molecule has 7 nitrogen and oxygen atoms in total. The first-order chi connectivity index (χ1) is 9.50. The van der Waals surface area contributed by atoms with E-state index in [1.54, 1.807) is 11.7 Å². The van der Waals surface area contributed by atoms with E-state index in [0.29, 0.717) is 11.5 Å². The summed E-state index contributed by atoms with van der Waals surface area (Å²) in [4.78, 5) is 11.0. The van der Waals surface area contributed by atoms with Crippen molar-refractivity contribution in [1.82, 2.24) is 15.1 Å². The lowest BCUT2D eigenvalue weighted by Crippen LogP contribution is -2.31. The summed E-state index contributed by atoms with van der Waals surface area (Å²) in [6.45, 7) is 5.70. The Hall–Kier alpha value is -1.63. The van der Waals surface area contributed by atoms with E-state index in [1.807, 2.05) is 13.8 Å². The number of nitrogens with one attached hydrogen (secondary N) is 2. The molecule has 112 valence electrons. The Balaban J connectivity index is 2.27. The van der Waals surface area contributed by atoms with Crippen LogP contribution in [0.3, 0.4) is 0 Å². The van der Waals surface area contributed by atoms with Crippen molar-refractivity contribution in [2.24, 2.45) is 7.05 Å². The second-order valence-corrected chi connectivity index (χ2v) is 5.66. The van der Waals surface area contributed by atoms with E-state index in [0.717, 1.165) is 32.4 Å². The van der Waals surface area contributed by atoms with Crippen molar-refractivity contribution in [3.05, 3.63) is 15.8 Å². The van der Waals surface area contributed by atoms with Gasteiger partial charge in [0.05, 0.1) is 4.92 Å². The third-order valence-electron chi connectivity index (χ3n) is 3.67. The molecule has 0 saturated carbocycles. The molecule has 20 heavy (non-hydrogen) atoms. The number of rotatable bonds is 4. The van der Waals surface area contributed by atoms with Crippen LogP contribution in [0.5, 0.6) is 0 Å². The molecule has 0 amide bonds. The lowest BCUT2D eigenvalue weighted by atomic mass is 10.1. The molecule has 2 N–H and O–H groups in total. The maximum Gasteiger partial charge on any atom is 0.334 e. The van der Waals surface area contributed by atoms with Gasteiger partial charge < -0.3 is 10.6 Å². The van der Waals surface area contributed by atoms with Crippen LogP contribution in [-0.4, -0.2) is 33.8 Å². The molecule has 0 aliphatic carbocycles. The standard InChI is InChI=1S/C13H23N5O2/c1-9(2)11-12(18(19)20)13(17(3)16-11)15-10-6-4-5-7-14-8-10/h9-10,14-15H,4-8H2,1-3H3. The molecule has 1 fully saturated rings. The monoisotopic (exact) mass is 281 g/mol. The van der Waals surface area contributed by atoms with Gasteiger partial charge in [0.15, 0.2) is 0 Å². The van der Waals surface area contributed by atoms with Gasteiger partial charge in [0.1, 0.15) is 5.69 Å². The Labute approximate surface area is 118 Å². The van der Waals surface area contributed by atoms with Gasteiger partial charge in [-0.1, -0.05) is 20.3 Å². The van der Waals surface area contributed by atoms with E-state index < -0.39 is 0 Å². The SMILES string of the molecule is CC(C)c1nn(C)c(NC2CCCCNC2)c1[N+](=O)[O-]. The van der Waals surface area contributed by atoms with E-state index >= 15 is 0 Å². The molecule has 2 rings (SSSR count). The van der Waals surface area contributed by atoms with Crippen molar-refractivity contribution in [3.63, 3.8) is 0 Å². The van der Waals surface area contributed by atoms with Gasteiger partial charge in [0.2, 0.25) is 5.82 Å². The molecule has 1 unspecified atom stereocenters. The maximum atomic E-state index is 11.4. The minimum Gasteiger partial charge on any atom is -0.361 e. The molecular weight excluding hydrogens is 258 g/mol. The second kappa shape index (κ2) is 6.21. The van der Waals surface area contributed by atoms with Crippen molar-refractivity contribution in [1.29, 1.82) is 0 Å². The highest BCUT2D eigenvalue weighted by molar-refractivity contribution is 5.61. The molecule has 0 bridgehead atoms. The van der Waals surface area contributed by atoms with E-state index in [4.69, 9.17) is 0 Å². The van der Waals surface area contributed by atoms with Gasteiger partial charge in [-0.3, -0.25) is 10.1 Å². The molecule has 2 heterocycles. The van der Waals surface area contributed by atoms with Gasteiger partial charge in [-0.25, -0.2) is 4.68 Å². The zero-order valence-corrected chi connectivity index (χ0v) is 12.3. The number of nitrogens with zero attached hydrogens (tertiary/aromatic N) is 3. The lowest BCUT2D eigenvalue weighted by Gasteiger charge is -2.17. The van der Waals surface area contributed by atoms with E-state index in [-0.39, 0.29) is 22.6 Å². The third kappa shape index (κ3) is 3.09. The molecule has 0 radical (unpaired) electrons. The number of aromatic nitrogens is 2. The van der Waals surface area contributed by atoms with Gasteiger partial charge >= 0.3 is 5.69 Å². The predicted molar refractivity (Wildman–Crippen MR) is 78.1 cm³/mol. The van der Waals surface area contributed by atoms with Crippen molar-refractivity contribution >= 4 is 11.5 Å². The summed E-state index contributed by atoms with van der Waals surface area (Å²) in [6, 6.07) is 0.214. The molecule has 0 spiro atoms. The van der Waals surface area contributed by atoms with Crippen LogP contribution in [0.15, 0.2) is 0 Å². The van der Waals surface area contributed by atoms with Crippen molar-refractivity contribution < 1.29 is 4.92 Å². The van der Waals surface area contributed by atoms with E-state index in [1.165, 1.54) is 0 Å². The first kappa shape index (κ1) is 14.8. The molecule has 1 aromatic rings. The van der Waals surface area contributed by atoms with Crippen LogP contribution in [0.25, 0.3) is 0 Å². The highest BCUT2D eigenvalue weighted by Gasteiger charge is 2.29. The summed E-state index contributed by atoms with van der Waals surface area (Å²) in [5.41, 5.74) is 0.660. The van der Waals surface area contributed by atoms with E-state index in [2.05, 4.69) is 15.7 Å². The fourth-order valence-corrected chi connectivity index (χ4v) is 2.60. The van der Waals surface area contributed by atoms with Crippen molar-refractivity contribution in [3.8, 4) is 0 Å². The van der Waals surface area contributed by atoms with Crippen LogP contribution in [0, 0.1) is 10.1 Å². The number of nitro groups is 1. The molecule has 1 saturated heterocycles. The first-order valence-electron chi connectivity index (χ1n) is 7.19. The van der Waals surface area contributed by atoms with Gasteiger partial charge in [0.25, 0.3) is 0 Å². The largest absolute Gasteiger partial charge is 0.361 e. The highest BCUT2D eigenvalue weighted by atomic mass is 16.6. The number of aryl methyl sites for hydroxylation is 1. The predicted octanol–water partition coefficient (Wildman–Crippen LogP) is 2.01. The summed E-state index contributed by atoms with van der Waals surface area (Å²) >= 11 is 0. The molecule has 0 aromatic carbocycles. The fourth-order valence-electron chi connectivity index (χ4n) is 2.60. The molecule has 7 heteroatoms. The third-order valence-corrected chi connectivity index (χ3v) is 3.67. The number of anilines is 1. The highest BCUT2D eigenvalue weighted by Crippen LogP contribution is 2.33. The summed E-state index contributed by atoms with van der Waals surface area (Å²) in [6.07, 6.45) is 3.31. The van der Waals surface area contributed by atoms with Crippen molar-refractivity contribution in [2.75, 3.05) is 18.4 Å². The first-order valence-corrected chi connectivity index (χ1v) is 7.19. The number of hydrogen-bond donors (Lipinski definition) is 2. The molecule has 1 aliphatic rings. The zero-order valence-electron chi connectivity index (χ0n) is 12.3. The summed E-state index contributed by atoms with van der Waals surface area (Å²) < 4.78 is 1.60. The normalized spacial score (nSPS) is 19.9. The van der Waals surface area contributed by atoms with E-state index in [9.17, 15) is 10.1 Å². The molecule has 1 atom stereocenters. The summed E-state index contributed by atoms with van der Waals surface area (Å²) in [5, 5.41) is 22.3. The summed E-state index contributed by atoms with van der Waals surface area (Å²) in [7, 11) is 1.76. The van der Waals surface area contributed by atoms with Gasteiger partial charge in [0, 0.05) is 25.6 Å². The Morgan fingerprint density at radius 1 is 1.50 bits per heavy atom. The van der Waals surface area contributed by atoms with Crippen LogP contribution in [0.2, 0.25) is 0 Å². The Morgan fingerprint density at radius 3 is 2.90 bits per heavy atom. The average Bonchev–Trinajstić information content (AvgIpc) is 2.56. The Bertz CT molecular complexity index is 475.